The van der Waals surface area contributed by atoms with Crippen molar-refractivity contribution in [2.45, 2.75) is 57.7 Å². The van der Waals surface area contributed by atoms with Gasteiger partial charge in [0, 0.05) is 18.3 Å². The van der Waals surface area contributed by atoms with E-state index in [1.54, 1.807) is 6.92 Å². The van der Waals surface area contributed by atoms with Crippen molar-refractivity contribution in [3.63, 3.8) is 0 Å². The second-order valence-electron chi connectivity index (χ2n) is 5.34. The molecule has 18 heavy (non-hydrogen) atoms. The average molecular weight is 250 g/mol. The third-order valence-corrected chi connectivity index (χ3v) is 3.55. The molecule has 100 valence electrons. The summed E-state index contributed by atoms with van der Waals surface area (Å²) in [6.07, 6.45) is 5.76. The molecule has 0 aliphatic heterocycles. The number of rotatable bonds is 5. The quantitative estimate of drug-likeness (QED) is 0.841. The molecule has 1 fully saturated rings. The number of aliphatic hydroxyl groups is 1. The van der Waals surface area contributed by atoms with Gasteiger partial charge < -0.3 is 15.0 Å². The molecule has 4 nitrogen and oxygen atoms in total. The van der Waals surface area contributed by atoms with Gasteiger partial charge in [0.1, 0.15) is 5.69 Å². The lowest BCUT2D eigenvalue weighted by Crippen LogP contribution is -2.36. The van der Waals surface area contributed by atoms with Crippen molar-refractivity contribution in [1.82, 2.24) is 9.88 Å². The maximum absolute atomic E-state index is 12.1. The maximum atomic E-state index is 12.1. The van der Waals surface area contributed by atoms with Crippen LogP contribution in [0.4, 0.5) is 0 Å². The number of hydrogen-bond acceptors (Lipinski definition) is 2. The van der Waals surface area contributed by atoms with Gasteiger partial charge in [0.05, 0.1) is 6.10 Å². The van der Waals surface area contributed by atoms with Crippen LogP contribution in [0, 0.1) is 0 Å². The summed E-state index contributed by atoms with van der Waals surface area (Å²) in [5.41, 5.74) is 0.733. The highest BCUT2D eigenvalue weighted by Gasteiger charge is 2.23. The van der Waals surface area contributed by atoms with Gasteiger partial charge in [-0.3, -0.25) is 4.79 Å². The molecule has 1 aromatic heterocycles. The molecule has 0 saturated heterocycles. The topological polar surface area (TPSA) is 54.3 Å². The first kappa shape index (κ1) is 13.1. The van der Waals surface area contributed by atoms with Gasteiger partial charge in [0.15, 0.2) is 0 Å². The van der Waals surface area contributed by atoms with E-state index in [-0.39, 0.29) is 11.9 Å². The highest BCUT2D eigenvalue weighted by atomic mass is 16.3. The van der Waals surface area contributed by atoms with Gasteiger partial charge in [-0.25, -0.2) is 0 Å². The van der Waals surface area contributed by atoms with Crippen LogP contribution in [0.25, 0.3) is 0 Å². The highest BCUT2D eigenvalue weighted by molar-refractivity contribution is 5.93. The van der Waals surface area contributed by atoms with Crippen LogP contribution >= 0.6 is 0 Å². The second-order valence-corrected chi connectivity index (χ2v) is 5.34. The van der Waals surface area contributed by atoms with Crippen molar-refractivity contribution in [2.24, 2.45) is 0 Å². The van der Waals surface area contributed by atoms with Gasteiger partial charge in [0.25, 0.3) is 5.91 Å². The summed E-state index contributed by atoms with van der Waals surface area (Å²) >= 11 is 0. The molecule has 1 aliphatic carbocycles. The van der Waals surface area contributed by atoms with Gasteiger partial charge >= 0.3 is 0 Å². The molecule has 0 spiro atoms. The number of carbonyl (C=O) groups is 1. The Morgan fingerprint density at radius 3 is 2.83 bits per heavy atom. The third-order valence-electron chi connectivity index (χ3n) is 3.55. The number of carbonyl (C=O) groups excluding carboxylic acids is 1. The van der Waals surface area contributed by atoms with E-state index in [0.29, 0.717) is 12.5 Å². The molecular formula is C14H22N2O2. The Bertz CT molecular complexity index is 408. The molecule has 4 heteroatoms. The second kappa shape index (κ2) is 5.57. The van der Waals surface area contributed by atoms with E-state index >= 15 is 0 Å². The van der Waals surface area contributed by atoms with E-state index in [1.165, 1.54) is 6.42 Å². The van der Waals surface area contributed by atoms with Gasteiger partial charge in [-0.05, 0) is 51.7 Å². The summed E-state index contributed by atoms with van der Waals surface area (Å²) in [6.45, 7) is 3.65. The van der Waals surface area contributed by atoms with E-state index in [9.17, 15) is 9.90 Å². The summed E-state index contributed by atoms with van der Waals surface area (Å²) in [6, 6.07) is 4.27. The Balaban J connectivity index is 1.98. The number of nitrogens with one attached hydrogen (secondary N) is 1. The molecule has 2 atom stereocenters. The first-order valence-corrected chi connectivity index (χ1v) is 6.73. The average Bonchev–Trinajstić information content (AvgIpc) is 2.61. The Morgan fingerprint density at radius 1 is 1.56 bits per heavy atom. The molecule has 0 aromatic carbocycles. The minimum Gasteiger partial charge on any atom is -0.393 e. The molecule has 2 N–H and O–H groups in total. The Hall–Kier alpha value is -1.29. The van der Waals surface area contributed by atoms with Crippen molar-refractivity contribution in [2.75, 3.05) is 0 Å². The molecule has 2 rings (SSSR count). The molecule has 1 heterocycles. The lowest BCUT2D eigenvalue weighted by Gasteiger charge is -2.29. The lowest BCUT2D eigenvalue weighted by atomic mass is 9.93. The predicted molar refractivity (Wildman–Crippen MR) is 70.5 cm³/mol. The SMILES string of the molecule is CC(O)CC(C)NC(=O)c1cccn1C1CCC1. The van der Waals surface area contributed by atoms with Gasteiger partial charge in [-0.2, -0.15) is 0 Å². The molecular weight excluding hydrogens is 228 g/mol. The van der Waals surface area contributed by atoms with Gasteiger partial charge in [-0.15, -0.1) is 0 Å². The van der Waals surface area contributed by atoms with E-state index in [2.05, 4.69) is 9.88 Å². The zero-order chi connectivity index (χ0) is 13.1. The fourth-order valence-electron chi connectivity index (χ4n) is 2.44. The minimum absolute atomic E-state index is 0.0118. The zero-order valence-corrected chi connectivity index (χ0v) is 11.1. The van der Waals surface area contributed by atoms with Crippen molar-refractivity contribution in [3.05, 3.63) is 24.0 Å². The van der Waals surface area contributed by atoms with Crippen molar-refractivity contribution >= 4 is 5.91 Å². The van der Waals surface area contributed by atoms with Gasteiger partial charge in [-0.1, -0.05) is 0 Å². The normalized spacial score (nSPS) is 19.1. The van der Waals surface area contributed by atoms with Crippen LogP contribution in [0.2, 0.25) is 0 Å². The minimum atomic E-state index is -0.390. The van der Waals surface area contributed by atoms with Crippen molar-refractivity contribution in [1.29, 1.82) is 0 Å². The first-order chi connectivity index (χ1) is 8.58. The van der Waals surface area contributed by atoms with Crippen molar-refractivity contribution < 1.29 is 9.90 Å². The number of amides is 1. The molecule has 1 aromatic rings. The number of aromatic nitrogens is 1. The standard InChI is InChI=1S/C14H22N2O2/c1-10(9-11(2)17)15-14(18)13-7-4-8-16(13)12-5-3-6-12/h4,7-8,10-12,17H,3,5-6,9H2,1-2H3,(H,15,18). The molecule has 1 saturated carbocycles. The molecule has 0 bridgehead atoms. The smallest absolute Gasteiger partial charge is 0.268 e. The fourth-order valence-corrected chi connectivity index (χ4v) is 2.44. The van der Waals surface area contributed by atoms with E-state index in [0.717, 1.165) is 18.5 Å². The molecule has 2 unspecified atom stereocenters. The van der Waals surface area contributed by atoms with Crippen LogP contribution in [0.3, 0.4) is 0 Å². The summed E-state index contributed by atoms with van der Waals surface area (Å²) in [4.78, 5) is 12.1. The number of hydrogen-bond donors (Lipinski definition) is 2. The van der Waals surface area contributed by atoms with E-state index in [4.69, 9.17) is 0 Å². The summed E-state index contributed by atoms with van der Waals surface area (Å²) in [5, 5.41) is 12.2. The zero-order valence-electron chi connectivity index (χ0n) is 11.1. The highest BCUT2D eigenvalue weighted by Crippen LogP contribution is 2.32. The summed E-state index contributed by atoms with van der Waals surface area (Å²) in [5.74, 6) is -0.0416. The lowest BCUT2D eigenvalue weighted by molar-refractivity contribution is 0.0908. The van der Waals surface area contributed by atoms with E-state index in [1.807, 2.05) is 25.3 Å². The maximum Gasteiger partial charge on any atom is 0.268 e. The largest absolute Gasteiger partial charge is 0.393 e. The molecule has 1 aliphatic rings. The van der Waals surface area contributed by atoms with Crippen LogP contribution in [-0.2, 0) is 0 Å². The molecule has 0 radical (unpaired) electrons. The van der Waals surface area contributed by atoms with Crippen LogP contribution in [0.1, 0.15) is 56.1 Å². The Morgan fingerprint density at radius 2 is 2.28 bits per heavy atom. The van der Waals surface area contributed by atoms with Crippen LogP contribution in [0.5, 0.6) is 0 Å². The predicted octanol–water partition coefficient (Wildman–Crippen LogP) is 2.10. The monoisotopic (exact) mass is 250 g/mol. The fraction of sp³-hybridized carbons (Fsp3) is 0.643. The number of nitrogens with zero attached hydrogens (tertiary/aromatic N) is 1. The number of aliphatic hydroxyl groups excluding tert-OH is 1. The van der Waals surface area contributed by atoms with Gasteiger partial charge in [0.2, 0.25) is 0 Å². The van der Waals surface area contributed by atoms with Crippen LogP contribution in [0.15, 0.2) is 18.3 Å². The molecule has 1 amide bonds. The Kier molecular flexibility index (Phi) is 4.07. The van der Waals surface area contributed by atoms with Crippen molar-refractivity contribution in [3.8, 4) is 0 Å². The van der Waals surface area contributed by atoms with Crippen LogP contribution in [-0.4, -0.2) is 27.7 Å². The van der Waals surface area contributed by atoms with Crippen LogP contribution < -0.4 is 5.32 Å². The van der Waals surface area contributed by atoms with E-state index < -0.39 is 6.10 Å². The summed E-state index contributed by atoms with van der Waals surface area (Å²) in [7, 11) is 0. The first-order valence-electron chi connectivity index (χ1n) is 6.73. The summed E-state index contributed by atoms with van der Waals surface area (Å²) < 4.78 is 2.08. The third kappa shape index (κ3) is 2.93. The Labute approximate surface area is 108 Å².